The van der Waals surface area contributed by atoms with Gasteiger partial charge in [0.05, 0.1) is 12.0 Å². The van der Waals surface area contributed by atoms with E-state index in [2.05, 4.69) is 205 Å². The summed E-state index contributed by atoms with van der Waals surface area (Å²) in [4.78, 5) is 19.1. The SMILES string of the molecule is [C-]#[N+]c1ccc2c(c1)-c1ccc(-c3ccc(-c4nc(-c5ccc(-c6ccccc6)cc5)nc(-c5ccc(-c6ccccc6)cc5)n4)cc3)cc1C21c2ccccc2-c2ccccc21. The van der Waals surface area contributed by atoms with Gasteiger partial charge in [0, 0.05) is 16.7 Å². The van der Waals surface area contributed by atoms with Crippen LogP contribution in [0.25, 0.3) is 94.6 Å². The first kappa shape index (κ1) is 36.3. The average Bonchev–Trinajstić information content (AvgIpc) is 3.83. The Bertz CT molecular complexity index is 3280. The Morgan fingerprint density at radius 3 is 1.13 bits per heavy atom. The molecule has 1 spiro atoms. The smallest absolute Gasteiger partial charge is 0.187 e. The summed E-state index contributed by atoms with van der Waals surface area (Å²) in [6, 6.07) is 76.9. The molecule has 12 rings (SSSR count). The average molecular weight is 801 g/mol. The van der Waals surface area contributed by atoms with Crippen LogP contribution < -0.4 is 0 Å². The first-order chi connectivity index (χ1) is 31.2. The molecule has 63 heavy (non-hydrogen) atoms. The molecule has 0 N–H and O–H groups in total. The van der Waals surface area contributed by atoms with Gasteiger partial charge < -0.3 is 0 Å². The third-order valence-corrected chi connectivity index (χ3v) is 12.8. The number of nitrogens with zero attached hydrogens (tertiary/aromatic N) is 4. The lowest BCUT2D eigenvalue weighted by Crippen LogP contribution is -2.25. The minimum Gasteiger partial charge on any atom is -0.238 e. The molecule has 0 radical (unpaired) electrons. The zero-order valence-electron chi connectivity index (χ0n) is 34.1. The summed E-state index contributed by atoms with van der Waals surface area (Å²) in [6.45, 7) is 7.85. The third kappa shape index (κ3) is 5.86. The molecule has 9 aromatic carbocycles. The topological polar surface area (TPSA) is 43.0 Å². The van der Waals surface area contributed by atoms with Crippen LogP contribution in [0, 0.1) is 6.57 Å². The Kier molecular flexibility index (Phi) is 8.42. The van der Waals surface area contributed by atoms with Crippen molar-refractivity contribution in [1.29, 1.82) is 0 Å². The van der Waals surface area contributed by atoms with E-state index in [1.165, 1.54) is 38.9 Å². The molecule has 0 fully saturated rings. The van der Waals surface area contributed by atoms with Crippen LogP contribution in [0.1, 0.15) is 22.3 Å². The van der Waals surface area contributed by atoms with E-state index in [9.17, 15) is 0 Å². The van der Waals surface area contributed by atoms with Crippen molar-refractivity contribution in [3.63, 3.8) is 0 Å². The van der Waals surface area contributed by atoms with Gasteiger partial charge in [-0.3, -0.25) is 0 Å². The number of fused-ring (bicyclic) bond motifs is 10. The van der Waals surface area contributed by atoms with Gasteiger partial charge in [-0.15, -0.1) is 0 Å². The highest BCUT2D eigenvalue weighted by molar-refractivity contribution is 5.96. The number of rotatable bonds is 6. The van der Waals surface area contributed by atoms with Crippen LogP contribution >= 0.6 is 0 Å². The normalized spacial score (nSPS) is 12.6. The van der Waals surface area contributed by atoms with Gasteiger partial charge in [-0.05, 0) is 90.0 Å². The van der Waals surface area contributed by atoms with Gasteiger partial charge in [-0.2, -0.15) is 0 Å². The lowest BCUT2D eigenvalue weighted by atomic mass is 9.70. The van der Waals surface area contributed by atoms with Crippen LogP contribution in [0.3, 0.4) is 0 Å². The molecular formula is C59H36N4. The van der Waals surface area contributed by atoms with E-state index in [4.69, 9.17) is 21.5 Å². The van der Waals surface area contributed by atoms with E-state index < -0.39 is 5.41 Å². The largest absolute Gasteiger partial charge is 0.238 e. The Labute approximate surface area is 366 Å². The summed E-state index contributed by atoms with van der Waals surface area (Å²) in [6.07, 6.45) is 0. The maximum Gasteiger partial charge on any atom is 0.187 e. The maximum atomic E-state index is 7.85. The second-order valence-corrected chi connectivity index (χ2v) is 16.2. The quantitative estimate of drug-likeness (QED) is 0.157. The molecule has 4 heteroatoms. The van der Waals surface area contributed by atoms with Crippen molar-refractivity contribution in [2.24, 2.45) is 0 Å². The number of benzene rings is 9. The van der Waals surface area contributed by atoms with Gasteiger partial charge in [0.15, 0.2) is 23.2 Å². The van der Waals surface area contributed by atoms with Crippen molar-refractivity contribution >= 4 is 5.69 Å². The highest BCUT2D eigenvalue weighted by Gasteiger charge is 2.51. The van der Waals surface area contributed by atoms with E-state index in [1.807, 2.05) is 18.2 Å². The second-order valence-electron chi connectivity index (χ2n) is 16.2. The monoisotopic (exact) mass is 800 g/mol. The van der Waals surface area contributed by atoms with Crippen molar-refractivity contribution < 1.29 is 0 Å². The Hall–Kier alpha value is -8.52. The van der Waals surface area contributed by atoms with Crippen molar-refractivity contribution in [2.45, 2.75) is 5.41 Å². The van der Waals surface area contributed by atoms with E-state index in [1.54, 1.807) is 0 Å². The summed E-state index contributed by atoms with van der Waals surface area (Å²) in [5.41, 5.74) is 19.5. The fraction of sp³-hybridized carbons (Fsp3) is 0.0169. The molecule has 292 valence electrons. The van der Waals surface area contributed by atoms with Crippen LogP contribution in [0.15, 0.2) is 218 Å². The first-order valence-electron chi connectivity index (χ1n) is 21.2. The minimum atomic E-state index is -0.495. The Morgan fingerprint density at radius 2 is 0.651 bits per heavy atom. The van der Waals surface area contributed by atoms with Crippen LogP contribution in [0.2, 0.25) is 0 Å². The molecule has 0 unspecified atom stereocenters. The van der Waals surface area contributed by atoms with E-state index in [0.29, 0.717) is 23.2 Å². The predicted octanol–water partition coefficient (Wildman–Crippen LogP) is 14.8. The van der Waals surface area contributed by atoms with Crippen molar-refractivity contribution in [2.75, 3.05) is 0 Å². The fourth-order valence-electron chi connectivity index (χ4n) is 9.84. The van der Waals surface area contributed by atoms with Crippen LogP contribution in [-0.4, -0.2) is 15.0 Å². The highest BCUT2D eigenvalue weighted by Crippen LogP contribution is 2.63. The van der Waals surface area contributed by atoms with Crippen molar-refractivity contribution in [1.82, 2.24) is 15.0 Å². The molecule has 1 aromatic heterocycles. The summed E-state index contributed by atoms with van der Waals surface area (Å²) in [5.74, 6) is 1.85. The van der Waals surface area contributed by atoms with Gasteiger partial charge >= 0.3 is 0 Å². The summed E-state index contributed by atoms with van der Waals surface area (Å²) in [7, 11) is 0. The first-order valence-corrected chi connectivity index (χ1v) is 21.2. The molecule has 0 saturated heterocycles. The molecule has 0 atom stereocenters. The van der Waals surface area contributed by atoms with E-state index in [0.717, 1.165) is 55.6 Å². The van der Waals surface area contributed by atoms with Gasteiger partial charge in [0.25, 0.3) is 0 Å². The molecule has 0 aliphatic heterocycles. The zero-order valence-corrected chi connectivity index (χ0v) is 34.1. The molecule has 10 aromatic rings. The van der Waals surface area contributed by atoms with Crippen molar-refractivity contribution in [3.05, 3.63) is 252 Å². The third-order valence-electron chi connectivity index (χ3n) is 12.8. The fourth-order valence-corrected chi connectivity index (χ4v) is 9.84. The molecular weight excluding hydrogens is 765 g/mol. The Balaban J connectivity index is 0.954. The molecule has 1 heterocycles. The van der Waals surface area contributed by atoms with Gasteiger partial charge in [-0.1, -0.05) is 206 Å². The second kappa shape index (κ2) is 14.6. The molecule has 0 bridgehead atoms. The lowest BCUT2D eigenvalue weighted by molar-refractivity contribution is 0.794. The lowest BCUT2D eigenvalue weighted by Gasteiger charge is -2.30. The van der Waals surface area contributed by atoms with Crippen molar-refractivity contribution in [3.8, 4) is 89.8 Å². The van der Waals surface area contributed by atoms with Crippen LogP contribution in [-0.2, 0) is 5.41 Å². The Morgan fingerprint density at radius 1 is 0.286 bits per heavy atom. The predicted molar refractivity (Wildman–Crippen MR) is 255 cm³/mol. The van der Waals surface area contributed by atoms with Gasteiger partial charge in [0.2, 0.25) is 0 Å². The van der Waals surface area contributed by atoms with Crippen LogP contribution in [0.4, 0.5) is 5.69 Å². The zero-order chi connectivity index (χ0) is 41.9. The highest BCUT2D eigenvalue weighted by atomic mass is 15.0. The minimum absolute atomic E-state index is 0.495. The summed E-state index contributed by atoms with van der Waals surface area (Å²) >= 11 is 0. The van der Waals surface area contributed by atoms with Crippen LogP contribution in [0.5, 0.6) is 0 Å². The molecule has 2 aliphatic rings. The summed E-state index contributed by atoms with van der Waals surface area (Å²) < 4.78 is 0. The number of hydrogen-bond donors (Lipinski definition) is 0. The molecule has 4 nitrogen and oxygen atoms in total. The standard InChI is InChI=1S/C59H36N4/c1-60-47-33-35-54-51(37-47)50-34-32-46(36-55(50)59(54)52-18-10-8-16-48(52)49-17-9-11-19-53(49)59)42-24-30-45(31-25-42)58-62-56(43-26-20-40(21-27-43)38-12-4-2-5-13-38)61-57(63-58)44-28-22-41(23-29-44)39-14-6-3-7-15-39/h2-37H. The molecule has 0 saturated carbocycles. The number of hydrogen-bond acceptors (Lipinski definition) is 3. The molecule has 0 amide bonds. The molecule has 2 aliphatic carbocycles. The van der Waals surface area contributed by atoms with E-state index in [-0.39, 0.29) is 0 Å². The van der Waals surface area contributed by atoms with Gasteiger partial charge in [-0.25, -0.2) is 19.8 Å². The maximum absolute atomic E-state index is 7.85. The number of aromatic nitrogens is 3. The summed E-state index contributed by atoms with van der Waals surface area (Å²) in [5, 5.41) is 0. The van der Waals surface area contributed by atoms with Gasteiger partial charge in [0.1, 0.15) is 0 Å². The van der Waals surface area contributed by atoms with E-state index >= 15 is 0 Å².